The van der Waals surface area contributed by atoms with Gasteiger partial charge in [-0.15, -0.1) is 0 Å². The number of aryl methyl sites for hydroxylation is 1. The van der Waals surface area contributed by atoms with Crippen LogP contribution in [0.15, 0.2) is 24.3 Å². The molecule has 1 aromatic carbocycles. The second kappa shape index (κ2) is 6.32. The fraction of sp³-hybridized carbons (Fsp3) is 0.571. The molecule has 0 aliphatic carbocycles. The fourth-order valence-electron chi connectivity index (χ4n) is 1.77. The number of halogens is 1. The normalized spacial score (nSPS) is 14.9. The smallest absolute Gasteiger partial charge is 0.00653 e. The molecule has 1 aromatic rings. The zero-order chi connectivity index (χ0) is 11.3. The van der Waals surface area contributed by atoms with Crippen molar-refractivity contribution in [3.05, 3.63) is 35.4 Å². The van der Waals surface area contributed by atoms with Crippen LogP contribution in [0.3, 0.4) is 0 Å². The van der Waals surface area contributed by atoms with Crippen molar-refractivity contribution in [2.24, 2.45) is 11.8 Å². The largest absolute Gasteiger partial charge is 0.0925 e. The average molecular weight is 269 g/mol. The van der Waals surface area contributed by atoms with Gasteiger partial charge in [0, 0.05) is 5.33 Å². The van der Waals surface area contributed by atoms with Crippen LogP contribution in [0.5, 0.6) is 0 Å². The van der Waals surface area contributed by atoms with E-state index in [1.807, 2.05) is 0 Å². The van der Waals surface area contributed by atoms with Crippen molar-refractivity contribution in [2.75, 3.05) is 5.33 Å². The van der Waals surface area contributed by atoms with E-state index in [0.717, 1.165) is 17.2 Å². The summed E-state index contributed by atoms with van der Waals surface area (Å²) in [6.07, 6.45) is 2.46. The zero-order valence-corrected chi connectivity index (χ0v) is 11.5. The van der Waals surface area contributed by atoms with Gasteiger partial charge in [0.1, 0.15) is 0 Å². The Labute approximate surface area is 102 Å². The second-order valence-corrected chi connectivity index (χ2v) is 5.14. The molecule has 0 saturated heterocycles. The summed E-state index contributed by atoms with van der Waals surface area (Å²) in [6, 6.07) is 8.93. The molecule has 15 heavy (non-hydrogen) atoms. The molecule has 0 bridgehead atoms. The molecular formula is C14H21Br. The average Bonchev–Trinajstić information content (AvgIpc) is 2.27. The van der Waals surface area contributed by atoms with Crippen LogP contribution >= 0.6 is 15.9 Å². The highest BCUT2D eigenvalue weighted by atomic mass is 79.9. The summed E-state index contributed by atoms with van der Waals surface area (Å²) < 4.78 is 0. The van der Waals surface area contributed by atoms with Gasteiger partial charge in [0.15, 0.2) is 0 Å². The SMILES string of the molecule is CCC(C)C(CBr)Cc1ccc(C)cc1. The molecule has 0 heterocycles. The maximum atomic E-state index is 3.63. The summed E-state index contributed by atoms with van der Waals surface area (Å²) >= 11 is 3.63. The van der Waals surface area contributed by atoms with Crippen LogP contribution in [-0.2, 0) is 6.42 Å². The van der Waals surface area contributed by atoms with Crippen LogP contribution in [0.2, 0.25) is 0 Å². The van der Waals surface area contributed by atoms with Crippen LogP contribution in [0.4, 0.5) is 0 Å². The minimum Gasteiger partial charge on any atom is -0.0925 e. The van der Waals surface area contributed by atoms with Crippen molar-refractivity contribution in [3.8, 4) is 0 Å². The second-order valence-electron chi connectivity index (χ2n) is 4.49. The number of rotatable bonds is 5. The summed E-state index contributed by atoms with van der Waals surface area (Å²) in [5.74, 6) is 1.56. The first kappa shape index (κ1) is 12.8. The standard InChI is InChI=1S/C14H21Br/c1-4-12(3)14(10-15)9-13-7-5-11(2)6-8-13/h5-8,12,14H,4,9-10H2,1-3H3. The van der Waals surface area contributed by atoms with E-state index in [2.05, 4.69) is 61.0 Å². The maximum absolute atomic E-state index is 3.63. The predicted octanol–water partition coefficient (Wildman–Crippen LogP) is 4.59. The van der Waals surface area contributed by atoms with Gasteiger partial charge in [-0.1, -0.05) is 66.0 Å². The van der Waals surface area contributed by atoms with Gasteiger partial charge >= 0.3 is 0 Å². The first-order valence-corrected chi connectivity index (χ1v) is 6.91. The van der Waals surface area contributed by atoms with Crippen molar-refractivity contribution < 1.29 is 0 Å². The van der Waals surface area contributed by atoms with Crippen LogP contribution < -0.4 is 0 Å². The molecule has 84 valence electrons. The van der Waals surface area contributed by atoms with E-state index in [1.165, 1.54) is 24.0 Å². The topological polar surface area (TPSA) is 0 Å². The summed E-state index contributed by atoms with van der Waals surface area (Å²) in [5, 5.41) is 1.11. The van der Waals surface area contributed by atoms with Crippen molar-refractivity contribution in [1.29, 1.82) is 0 Å². The lowest BCUT2D eigenvalue weighted by atomic mass is 9.88. The van der Waals surface area contributed by atoms with Gasteiger partial charge in [0.2, 0.25) is 0 Å². The predicted molar refractivity (Wildman–Crippen MR) is 71.6 cm³/mol. The van der Waals surface area contributed by atoms with E-state index >= 15 is 0 Å². The van der Waals surface area contributed by atoms with Crippen molar-refractivity contribution in [2.45, 2.75) is 33.6 Å². The summed E-state index contributed by atoms with van der Waals surface area (Å²) in [6.45, 7) is 6.76. The third kappa shape index (κ3) is 3.98. The lowest BCUT2D eigenvalue weighted by Crippen LogP contribution is -2.15. The number of hydrogen-bond donors (Lipinski definition) is 0. The van der Waals surface area contributed by atoms with Crippen molar-refractivity contribution in [1.82, 2.24) is 0 Å². The molecule has 0 fully saturated rings. The monoisotopic (exact) mass is 268 g/mol. The van der Waals surface area contributed by atoms with Crippen LogP contribution in [0.25, 0.3) is 0 Å². The number of benzene rings is 1. The Morgan fingerprint density at radius 1 is 1.20 bits per heavy atom. The molecule has 0 amide bonds. The molecule has 0 aliphatic rings. The lowest BCUT2D eigenvalue weighted by Gasteiger charge is -2.20. The first-order valence-electron chi connectivity index (χ1n) is 5.78. The van der Waals surface area contributed by atoms with Gasteiger partial charge < -0.3 is 0 Å². The Bertz CT molecular complexity index is 276. The zero-order valence-electron chi connectivity index (χ0n) is 9.96. The minimum absolute atomic E-state index is 0.762. The van der Waals surface area contributed by atoms with E-state index in [0.29, 0.717) is 0 Å². The molecule has 0 aromatic heterocycles. The first-order chi connectivity index (χ1) is 7.17. The Balaban J connectivity index is 2.62. The molecule has 0 N–H and O–H groups in total. The van der Waals surface area contributed by atoms with E-state index < -0.39 is 0 Å². The minimum atomic E-state index is 0.762. The third-order valence-electron chi connectivity index (χ3n) is 3.27. The van der Waals surface area contributed by atoms with Gasteiger partial charge in [-0.2, -0.15) is 0 Å². The lowest BCUT2D eigenvalue weighted by molar-refractivity contribution is 0.383. The molecule has 0 spiro atoms. The van der Waals surface area contributed by atoms with Crippen LogP contribution in [0.1, 0.15) is 31.4 Å². The van der Waals surface area contributed by atoms with E-state index in [1.54, 1.807) is 0 Å². The molecule has 2 atom stereocenters. The van der Waals surface area contributed by atoms with Gasteiger partial charge in [0.25, 0.3) is 0 Å². The Morgan fingerprint density at radius 2 is 1.80 bits per heavy atom. The fourth-order valence-corrected chi connectivity index (χ4v) is 2.64. The molecule has 0 radical (unpaired) electrons. The van der Waals surface area contributed by atoms with Crippen LogP contribution in [0, 0.1) is 18.8 Å². The maximum Gasteiger partial charge on any atom is 0.00653 e. The summed E-state index contributed by atoms with van der Waals surface area (Å²) in [7, 11) is 0. The summed E-state index contributed by atoms with van der Waals surface area (Å²) in [4.78, 5) is 0. The van der Waals surface area contributed by atoms with Crippen molar-refractivity contribution >= 4 is 15.9 Å². The molecular weight excluding hydrogens is 248 g/mol. The molecule has 1 heteroatoms. The quantitative estimate of drug-likeness (QED) is 0.685. The highest BCUT2D eigenvalue weighted by molar-refractivity contribution is 9.09. The number of hydrogen-bond acceptors (Lipinski definition) is 0. The highest BCUT2D eigenvalue weighted by Gasteiger charge is 2.14. The third-order valence-corrected chi connectivity index (χ3v) is 4.10. The Hall–Kier alpha value is -0.300. The molecule has 1 rings (SSSR count). The van der Waals surface area contributed by atoms with Gasteiger partial charge in [-0.3, -0.25) is 0 Å². The molecule has 0 aliphatic heterocycles. The highest BCUT2D eigenvalue weighted by Crippen LogP contribution is 2.22. The van der Waals surface area contributed by atoms with Crippen molar-refractivity contribution in [3.63, 3.8) is 0 Å². The number of alkyl halides is 1. The van der Waals surface area contributed by atoms with Gasteiger partial charge in [-0.25, -0.2) is 0 Å². The van der Waals surface area contributed by atoms with Gasteiger partial charge in [0.05, 0.1) is 0 Å². The van der Waals surface area contributed by atoms with Gasteiger partial charge in [-0.05, 0) is 30.7 Å². The Morgan fingerprint density at radius 3 is 2.27 bits per heavy atom. The van der Waals surface area contributed by atoms with E-state index in [9.17, 15) is 0 Å². The van der Waals surface area contributed by atoms with E-state index in [4.69, 9.17) is 0 Å². The Kier molecular flexibility index (Phi) is 5.38. The van der Waals surface area contributed by atoms with Crippen LogP contribution in [-0.4, -0.2) is 5.33 Å². The summed E-state index contributed by atoms with van der Waals surface area (Å²) in [5.41, 5.74) is 2.81. The molecule has 2 unspecified atom stereocenters. The molecule has 0 saturated carbocycles. The van der Waals surface area contributed by atoms with E-state index in [-0.39, 0.29) is 0 Å². The molecule has 0 nitrogen and oxygen atoms in total.